The zero-order valence-corrected chi connectivity index (χ0v) is 15.2. The Labute approximate surface area is 147 Å². The van der Waals surface area contributed by atoms with Gasteiger partial charge >= 0.3 is 0 Å². The van der Waals surface area contributed by atoms with Crippen LogP contribution in [0, 0.1) is 6.92 Å². The summed E-state index contributed by atoms with van der Waals surface area (Å²) < 4.78 is 2.95. The molecule has 0 spiro atoms. The first kappa shape index (κ1) is 14.7. The number of hydrogen-bond donors (Lipinski definition) is 0. The lowest BCUT2D eigenvalue weighted by molar-refractivity contribution is 0.936. The third kappa shape index (κ3) is 2.54. The van der Waals surface area contributed by atoms with E-state index in [0.717, 1.165) is 14.9 Å². The third-order valence-electron chi connectivity index (χ3n) is 3.46. The molecule has 0 amide bonds. The van der Waals surface area contributed by atoms with E-state index in [2.05, 4.69) is 26.0 Å². The molecule has 0 unspecified atom stereocenters. The largest absolute Gasteiger partial charge is 0.291 e. The molecule has 0 fully saturated rings. The summed E-state index contributed by atoms with van der Waals surface area (Å²) in [4.78, 5) is 18.7. The van der Waals surface area contributed by atoms with Gasteiger partial charge < -0.3 is 0 Å². The van der Waals surface area contributed by atoms with Gasteiger partial charge in [-0.05, 0) is 42.1 Å². The molecule has 0 bridgehead atoms. The molecule has 0 radical (unpaired) electrons. The van der Waals surface area contributed by atoms with E-state index in [0.29, 0.717) is 15.3 Å². The predicted molar refractivity (Wildman–Crippen MR) is 98.1 cm³/mol. The zero-order valence-electron chi connectivity index (χ0n) is 12.0. The lowest BCUT2D eigenvalue weighted by Crippen LogP contribution is -2.23. The second kappa shape index (κ2) is 5.67. The monoisotopic (exact) mass is 403 g/mol. The summed E-state index contributed by atoms with van der Waals surface area (Å²) in [5.74, 6) is 0.555. The van der Waals surface area contributed by atoms with Crippen LogP contribution in [-0.2, 0) is 0 Å². The Morgan fingerprint density at radius 1 is 1.26 bits per heavy atom. The van der Waals surface area contributed by atoms with Gasteiger partial charge in [-0.3, -0.25) is 4.79 Å². The molecule has 4 aromatic rings. The Morgan fingerprint density at radius 3 is 2.78 bits per heavy atom. The molecular weight excluding hydrogens is 394 g/mol. The third-order valence-corrected chi connectivity index (χ3v) is 6.08. The molecule has 0 saturated heterocycles. The molecule has 0 atom stereocenters. The van der Waals surface area contributed by atoms with Crippen molar-refractivity contribution in [3.63, 3.8) is 0 Å². The molecule has 0 aliphatic heterocycles. The average Bonchev–Trinajstić information content (AvgIpc) is 3.19. The Morgan fingerprint density at radius 2 is 2.09 bits per heavy atom. The van der Waals surface area contributed by atoms with Crippen molar-refractivity contribution in [3.8, 4) is 11.4 Å². The molecule has 1 aromatic carbocycles. The minimum Gasteiger partial charge on any atom is -0.266 e. The van der Waals surface area contributed by atoms with E-state index in [1.807, 2.05) is 48.7 Å². The summed E-state index contributed by atoms with van der Waals surface area (Å²) in [5.41, 5.74) is 1.92. The number of halogens is 1. The summed E-state index contributed by atoms with van der Waals surface area (Å²) in [6, 6.07) is 9.76. The maximum Gasteiger partial charge on any atom is 0.291 e. The van der Waals surface area contributed by atoms with Crippen molar-refractivity contribution >= 4 is 49.6 Å². The first-order chi connectivity index (χ1) is 11.1. The molecule has 0 saturated carbocycles. The normalized spacial score (nSPS) is 12.3. The second-order valence-electron chi connectivity index (χ2n) is 4.99. The van der Waals surface area contributed by atoms with Crippen LogP contribution in [0.4, 0.5) is 0 Å². The predicted octanol–water partition coefficient (Wildman–Crippen LogP) is 3.50. The van der Waals surface area contributed by atoms with Crippen LogP contribution in [0.5, 0.6) is 0 Å². The van der Waals surface area contributed by atoms with Crippen LogP contribution in [0.1, 0.15) is 10.4 Å². The number of benzene rings is 1. The number of fused-ring (bicyclic) bond motifs is 1. The molecule has 0 aliphatic carbocycles. The molecule has 3 aromatic heterocycles. The van der Waals surface area contributed by atoms with Gasteiger partial charge in [0.25, 0.3) is 5.56 Å². The Bertz CT molecular complexity index is 1130. The number of hydrogen-bond acceptors (Lipinski definition) is 5. The van der Waals surface area contributed by atoms with Crippen molar-refractivity contribution in [1.82, 2.24) is 14.6 Å². The second-order valence-corrected chi connectivity index (χ2v) is 7.80. The van der Waals surface area contributed by atoms with Crippen molar-refractivity contribution in [3.05, 3.63) is 65.5 Å². The summed E-state index contributed by atoms with van der Waals surface area (Å²) >= 11 is 6.48. The maximum atomic E-state index is 12.5. The van der Waals surface area contributed by atoms with E-state index in [4.69, 9.17) is 0 Å². The Balaban J connectivity index is 1.88. The lowest BCUT2D eigenvalue weighted by atomic mass is 10.2. The van der Waals surface area contributed by atoms with Crippen molar-refractivity contribution in [2.24, 2.45) is 0 Å². The zero-order chi connectivity index (χ0) is 16.0. The van der Waals surface area contributed by atoms with E-state index in [1.54, 1.807) is 11.3 Å². The first-order valence-corrected chi connectivity index (χ1v) is 9.33. The smallest absolute Gasteiger partial charge is 0.266 e. The van der Waals surface area contributed by atoms with Crippen molar-refractivity contribution < 1.29 is 0 Å². The lowest BCUT2D eigenvalue weighted by Gasteiger charge is -1.96. The topological polar surface area (TPSA) is 47.3 Å². The highest BCUT2D eigenvalue weighted by Crippen LogP contribution is 2.25. The van der Waals surface area contributed by atoms with E-state index in [9.17, 15) is 4.79 Å². The van der Waals surface area contributed by atoms with Crippen LogP contribution in [0.15, 0.2) is 45.0 Å². The molecule has 114 valence electrons. The number of aromatic nitrogens is 3. The van der Waals surface area contributed by atoms with Crippen molar-refractivity contribution in [2.45, 2.75) is 6.92 Å². The summed E-state index contributed by atoms with van der Waals surface area (Å²) in [7, 11) is 0. The highest BCUT2D eigenvalue weighted by atomic mass is 79.9. The van der Waals surface area contributed by atoms with Gasteiger partial charge in [-0.1, -0.05) is 39.4 Å². The van der Waals surface area contributed by atoms with Gasteiger partial charge in [-0.15, -0.1) is 16.4 Å². The molecule has 0 N–H and O–H groups in total. The van der Waals surface area contributed by atoms with Gasteiger partial charge in [0.15, 0.2) is 5.82 Å². The van der Waals surface area contributed by atoms with Crippen molar-refractivity contribution in [2.75, 3.05) is 0 Å². The molecular formula is C16H10BrN3OS2. The standard InChI is InChI=1S/C16H10BrN3OS2/c1-9-6-7-22-12(9)8-13-15(21)20-16(23-13)18-14(19-20)10-4-2-3-5-11(10)17/h2-8H,1H3/b13-8-. The number of thiophene rings is 1. The molecule has 4 rings (SSSR count). The first-order valence-electron chi connectivity index (χ1n) is 6.84. The molecule has 0 aliphatic rings. The van der Waals surface area contributed by atoms with Crippen LogP contribution in [-0.4, -0.2) is 14.6 Å². The van der Waals surface area contributed by atoms with Crippen LogP contribution in [0.25, 0.3) is 22.4 Å². The van der Waals surface area contributed by atoms with Crippen LogP contribution >= 0.6 is 38.6 Å². The Hall–Kier alpha value is -1.83. The molecule has 23 heavy (non-hydrogen) atoms. The molecule has 7 heteroatoms. The van der Waals surface area contributed by atoms with Gasteiger partial charge in [-0.25, -0.2) is 0 Å². The molecule has 3 heterocycles. The minimum atomic E-state index is -0.122. The summed E-state index contributed by atoms with van der Waals surface area (Å²) in [5, 5.41) is 6.39. The average molecular weight is 404 g/mol. The maximum absolute atomic E-state index is 12.5. The van der Waals surface area contributed by atoms with Crippen molar-refractivity contribution in [1.29, 1.82) is 0 Å². The SMILES string of the molecule is Cc1ccsc1/C=c1\sc2nc(-c3ccccc3Br)nn2c1=O. The van der Waals surface area contributed by atoms with Gasteiger partial charge in [0.2, 0.25) is 4.96 Å². The quantitative estimate of drug-likeness (QED) is 0.514. The van der Waals surface area contributed by atoms with Gasteiger partial charge in [0, 0.05) is 14.9 Å². The van der Waals surface area contributed by atoms with E-state index < -0.39 is 0 Å². The highest BCUT2D eigenvalue weighted by molar-refractivity contribution is 9.10. The fraction of sp³-hybridized carbons (Fsp3) is 0.0625. The van der Waals surface area contributed by atoms with Crippen LogP contribution < -0.4 is 10.1 Å². The number of nitrogens with zero attached hydrogens (tertiary/aromatic N) is 3. The van der Waals surface area contributed by atoms with Crippen LogP contribution in [0.3, 0.4) is 0 Å². The van der Waals surface area contributed by atoms with Gasteiger partial charge in [0.05, 0.1) is 4.53 Å². The van der Waals surface area contributed by atoms with E-state index >= 15 is 0 Å². The number of aryl methyl sites for hydroxylation is 1. The fourth-order valence-electron chi connectivity index (χ4n) is 2.24. The fourth-order valence-corrected chi connectivity index (χ4v) is 4.53. The Kier molecular flexibility index (Phi) is 3.63. The van der Waals surface area contributed by atoms with E-state index in [-0.39, 0.29) is 5.56 Å². The molecule has 4 nitrogen and oxygen atoms in total. The van der Waals surface area contributed by atoms with Gasteiger partial charge in [0.1, 0.15) is 0 Å². The van der Waals surface area contributed by atoms with E-state index in [1.165, 1.54) is 21.4 Å². The highest BCUT2D eigenvalue weighted by Gasteiger charge is 2.13. The number of thiazole rings is 1. The minimum absolute atomic E-state index is 0.122. The summed E-state index contributed by atoms with van der Waals surface area (Å²) in [6.07, 6.45) is 1.92. The summed E-state index contributed by atoms with van der Waals surface area (Å²) in [6.45, 7) is 2.04. The number of rotatable bonds is 2. The van der Waals surface area contributed by atoms with Gasteiger partial charge in [-0.2, -0.15) is 9.50 Å². The van der Waals surface area contributed by atoms with Crippen LogP contribution in [0.2, 0.25) is 0 Å².